The standard InChI is InChI=1S/C12H13FN2O3/c13-7-3-4-9(14)8(6-7)11(16)15-5-1-2-10(15)12(17)18/h3-4,6,10H,1-2,5,14H2,(H,17,18). The van der Waals surface area contributed by atoms with Gasteiger partial charge in [-0.15, -0.1) is 0 Å². The number of carboxylic acids is 1. The fourth-order valence-corrected chi connectivity index (χ4v) is 2.13. The van der Waals surface area contributed by atoms with Crippen LogP contribution in [0.5, 0.6) is 0 Å². The Balaban J connectivity index is 2.31. The minimum absolute atomic E-state index is 0.0168. The summed E-state index contributed by atoms with van der Waals surface area (Å²) in [4.78, 5) is 24.4. The molecule has 1 aliphatic heterocycles. The maximum absolute atomic E-state index is 13.1. The van der Waals surface area contributed by atoms with Crippen LogP contribution in [0.3, 0.4) is 0 Å². The van der Waals surface area contributed by atoms with Crippen LogP contribution < -0.4 is 5.73 Å². The number of halogens is 1. The molecule has 18 heavy (non-hydrogen) atoms. The third kappa shape index (κ3) is 2.13. The molecule has 0 spiro atoms. The Morgan fingerprint density at radius 3 is 2.83 bits per heavy atom. The Morgan fingerprint density at radius 2 is 2.17 bits per heavy atom. The molecule has 96 valence electrons. The molecule has 1 fully saturated rings. The van der Waals surface area contributed by atoms with Crippen LogP contribution in [-0.4, -0.2) is 34.5 Å². The maximum Gasteiger partial charge on any atom is 0.326 e. The van der Waals surface area contributed by atoms with E-state index in [4.69, 9.17) is 10.8 Å². The zero-order chi connectivity index (χ0) is 13.3. The van der Waals surface area contributed by atoms with Crippen molar-refractivity contribution in [3.05, 3.63) is 29.6 Å². The molecule has 1 saturated heterocycles. The Hall–Kier alpha value is -2.11. The zero-order valence-electron chi connectivity index (χ0n) is 9.60. The van der Waals surface area contributed by atoms with E-state index in [-0.39, 0.29) is 11.3 Å². The lowest BCUT2D eigenvalue weighted by Crippen LogP contribution is -2.40. The predicted molar refractivity (Wildman–Crippen MR) is 62.5 cm³/mol. The molecule has 0 bridgehead atoms. The summed E-state index contributed by atoms with van der Waals surface area (Å²) >= 11 is 0. The molecular formula is C12H13FN2O3. The van der Waals surface area contributed by atoms with Gasteiger partial charge >= 0.3 is 5.97 Å². The largest absolute Gasteiger partial charge is 0.480 e. The molecule has 1 heterocycles. The van der Waals surface area contributed by atoms with Gasteiger partial charge in [0.2, 0.25) is 0 Å². The van der Waals surface area contributed by atoms with Crippen LogP contribution in [0.15, 0.2) is 18.2 Å². The molecule has 0 aromatic heterocycles. The molecule has 1 aliphatic rings. The van der Waals surface area contributed by atoms with E-state index in [9.17, 15) is 14.0 Å². The quantitative estimate of drug-likeness (QED) is 0.772. The van der Waals surface area contributed by atoms with Crippen LogP contribution in [0.25, 0.3) is 0 Å². The van der Waals surface area contributed by atoms with Crippen molar-refractivity contribution in [2.24, 2.45) is 0 Å². The predicted octanol–water partition coefficient (Wildman–Crippen LogP) is 1.10. The maximum atomic E-state index is 13.1. The Bertz CT molecular complexity index is 504. The molecule has 1 amide bonds. The van der Waals surface area contributed by atoms with Crippen molar-refractivity contribution in [1.29, 1.82) is 0 Å². The molecular weight excluding hydrogens is 239 g/mol. The van der Waals surface area contributed by atoms with Crippen molar-refractivity contribution in [3.63, 3.8) is 0 Å². The summed E-state index contributed by atoms with van der Waals surface area (Å²) < 4.78 is 13.1. The molecule has 3 N–H and O–H groups in total. The highest BCUT2D eigenvalue weighted by Gasteiger charge is 2.35. The van der Waals surface area contributed by atoms with Crippen LogP contribution in [0.1, 0.15) is 23.2 Å². The van der Waals surface area contributed by atoms with Gasteiger partial charge in [0.05, 0.1) is 5.56 Å². The molecule has 1 atom stereocenters. The molecule has 0 aliphatic carbocycles. The molecule has 6 heteroatoms. The summed E-state index contributed by atoms with van der Waals surface area (Å²) in [5, 5.41) is 9.00. The monoisotopic (exact) mass is 252 g/mol. The summed E-state index contributed by atoms with van der Waals surface area (Å²) in [5.74, 6) is -2.15. The van der Waals surface area contributed by atoms with E-state index in [2.05, 4.69) is 0 Å². The summed E-state index contributed by atoms with van der Waals surface area (Å²) in [6, 6.07) is 2.65. The molecule has 1 unspecified atom stereocenters. The van der Waals surface area contributed by atoms with Gasteiger partial charge in [0.15, 0.2) is 0 Å². The highest BCUT2D eigenvalue weighted by Crippen LogP contribution is 2.23. The van der Waals surface area contributed by atoms with Crippen LogP contribution in [0, 0.1) is 5.82 Å². The van der Waals surface area contributed by atoms with Gasteiger partial charge in [0.1, 0.15) is 11.9 Å². The first-order valence-corrected chi connectivity index (χ1v) is 5.59. The Labute approximate surface area is 103 Å². The molecule has 5 nitrogen and oxygen atoms in total. The Kier molecular flexibility index (Phi) is 3.18. The van der Waals surface area contributed by atoms with Crippen molar-refractivity contribution in [1.82, 2.24) is 4.90 Å². The number of nitrogens with zero attached hydrogens (tertiary/aromatic N) is 1. The van der Waals surface area contributed by atoms with Crippen LogP contribution in [0.4, 0.5) is 10.1 Å². The highest BCUT2D eigenvalue weighted by molar-refractivity contribution is 6.01. The first-order chi connectivity index (χ1) is 8.50. The van der Waals surface area contributed by atoms with E-state index in [0.717, 1.165) is 12.1 Å². The van der Waals surface area contributed by atoms with Crippen LogP contribution in [0.2, 0.25) is 0 Å². The summed E-state index contributed by atoms with van der Waals surface area (Å²) in [6.45, 7) is 0.353. The fraction of sp³-hybridized carbons (Fsp3) is 0.333. The van der Waals surface area contributed by atoms with Crippen molar-refractivity contribution in [3.8, 4) is 0 Å². The SMILES string of the molecule is Nc1ccc(F)cc1C(=O)N1CCCC1C(=O)O. The summed E-state index contributed by atoms with van der Waals surface area (Å²) in [6.07, 6.45) is 1.04. The van der Waals surface area contributed by atoms with Crippen molar-refractivity contribution >= 4 is 17.6 Å². The van der Waals surface area contributed by atoms with E-state index >= 15 is 0 Å². The van der Waals surface area contributed by atoms with Crippen molar-refractivity contribution in [2.75, 3.05) is 12.3 Å². The van der Waals surface area contributed by atoms with Crippen molar-refractivity contribution < 1.29 is 19.1 Å². The lowest BCUT2D eigenvalue weighted by molar-refractivity contribution is -0.141. The second-order valence-electron chi connectivity index (χ2n) is 4.23. The Morgan fingerprint density at radius 1 is 1.44 bits per heavy atom. The average Bonchev–Trinajstić information content (AvgIpc) is 2.80. The number of aliphatic carboxylic acids is 1. The average molecular weight is 252 g/mol. The number of nitrogen functional groups attached to an aromatic ring is 1. The fourth-order valence-electron chi connectivity index (χ4n) is 2.13. The molecule has 1 aromatic rings. The third-order valence-corrected chi connectivity index (χ3v) is 3.04. The number of likely N-dealkylation sites (tertiary alicyclic amines) is 1. The van der Waals surface area contributed by atoms with E-state index < -0.39 is 23.7 Å². The van der Waals surface area contributed by atoms with Gasteiger partial charge in [-0.2, -0.15) is 0 Å². The number of anilines is 1. The normalized spacial score (nSPS) is 18.9. The van der Waals surface area contributed by atoms with Gasteiger partial charge in [-0.25, -0.2) is 9.18 Å². The van der Waals surface area contributed by atoms with Gasteiger partial charge in [0.25, 0.3) is 5.91 Å². The topological polar surface area (TPSA) is 83.6 Å². The van der Waals surface area contributed by atoms with Gasteiger partial charge < -0.3 is 15.7 Å². The zero-order valence-corrected chi connectivity index (χ0v) is 9.60. The third-order valence-electron chi connectivity index (χ3n) is 3.04. The number of carbonyl (C=O) groups excluding carboxylic acids is 1. The highest BCUT2D eigenvalue weighted by atomic mass is 19.1. The molecule has 0 radical (unpaired) electrons. The van der Waals surface area contributed by atoms with Gasteiger partial charge in [-0.1, -0.05) is 0 Å². The lowest BCUT2D eigenvalue weighted by atomic mass is 10.1. The number of hydrogen-bond donors (Lipinski definition) is 2. The second kappa shape index (κ2) is 4.64. The molecule has 1 aromatic carbocycles. The lowest BCUT2D eigenvalue weighted by Gasteiger charge is -2.22. The molecule has 0 saturated carbocycles. The summed E-state index contributed by atoms with van der Waals surface area (Å²) in [7, 11) is 0. The minimum atomic E-state index is -1.05. The van der Waals surface area contributed by atoms with Gasteiger partial charge in [0, 0.05) is 12.2 Å². The minimum Gasteiger partial charge on any atom is -0.480 e. The van der Waals surface area contributed by atoms with E-state index in [1.54, 1.807) is 0 Å². The number of benzene rings is 1. The smallest absolute Gasteiger partial charge is 0.326 e. The second-order valence-corrected chi connectivity index (χ2v) is 4.23. The number of carboxylic acid groups (broad SMARTS) is 1. The van der Waals surface area contributed by atoms with E-state index in [0.29, 0.717) is 19.4 Å². The van der Waals surface area contributed by atoms with Crippen LogP contribution >= 0.6 is 0 Å². The van der Waals surface area contributed by atoms with E-state index in [1.807, 2.05) is 0 Å². The number of hydrogen-bond acceptors (Lipinski definition) is 3. The molecule has 2 rings (SSSR count). The van der Waals surface area contributed by atoms with E-state index in [1.165, 1.54) is 11.0 Å². The van der Waals surface area contributed by atoms with Crippen molar-refractivity contribution in [2.45, 2.75) is 18.9 Å². The first kappa shape index (κ1) is 12.3. The number of carbonyl (C=O) groups is 2. The number of amides is 1. The van der Waals surface area contributed by atoms with Crippen LogP contribution in [-0.2, 0) is 4.79 Å². The number of nitrogens with two attached hydrogens (primary N) is 1. The van der Waals surface area contributed by atoms with Gasteiger partial charge in [-0.05, 0) is 31.0 Å². The summed E-state index contributed by atoms with van der Waals surface area (Å²) in [5.41, 5.74) is 5.79. The first-order valence-electron chi connectivity index (χ1n) is 5.59. The number of rotatable bonds is 2. The van der Waals surface area contributed by atoms with Gasteiger partial charge in [-0.3, -0.25) is 4.79 Å².